The van der Waals surface area contributed by atoms with Gasteiger partial charge in [0.15, 0.2) is 11.5 Å². The molecule has 3 rings (SSSR count). The van der Waals surface area contributed by atoms with E-state index in [1.54, 1.807) is 25.1 Å². The van der Waals surface area contributed by atoms with Crippen molar-refractivity contribution in [2.45, 2.75) is 32.2 Å². The van der Waals surface area contributed by atoms with E-state index in [-0.39, 0.29) is 35.8 Å². The molecule has 2 aromatic heterocycles. The molecule has 0 saturated heterocycles. The van der Waals surface area contributed by atoms with Crippen molar-refractivity contribution >= 4 is 5.97 Å². The molecule has 0 aliphatic carbocycles. The normalized spacial score (nSPS) is 11.9. The molecule has 0 radical (unpaired) electrons. The molecule has 158 valence electrons. The van der Waals surface area contributed by atoms with Gasteiger partial charge in [0, 0.05) is 12.2 Å². The first-order valence-corrected chi connectivity index (χ1v) is 9.36. The topological polar surface area (TPSA) is 122 Å². The van der Waals surface area contributed by atoms with E-state index in [2.05, 4.69) is 0 Å². The van der Waals surface area contributed by atoms with Crippen LogP contribution in [-0.2, 0) is 22.5 Å². The fraction of sp³-hybridized carbons (Fsp3) is 0.273. The summed E-state index contributed by atoms with van der Waals surface area (Å²) in [4.78, 5) is 25.2. The Hall–Kier alpha value is -3.68. The van der Waals surface area contributed by atoms with Crippen LogP contribution >= 0.6 is 0 Å². The molecule has 0 spiro atoms. The average molecular weight is 413 g/mol. The van der Waals surface area contributed by atoms with Crippen molar-refractivity contribution in [3.05, 3.63) is 75.6 Å². The van der Waals surface area contributed by atoms with Crippen LogP contribution in [0.5, 0.6) is 17.2 Å². The first kappa shape index (κ1) is 21.0. The van der Waals surface area contributed by atoms with Crippen LogP contribution in [0.3, 0.4) is 0 Å². The van der Waals surface area contributed by atoms with Crippen LogP contribution in [0, 0.1) is 6.92 Å². The molecular weight excluding hydrogens is 390 g/mol. The highest BCUT2D eigenvalue weighted by Gasteiger charge is 2.28. The number of nitrogens with zero attached hydrogens (tertiary/aromatic N) is 1. The maximum atomic E-state index is 13.3. The Balaban J connectivity index is 1.99. The number of aryl methyl sites for hydroxylation is 2. The highest BCUT2D eigenvalue weighted by Crippen LogP contribution is 2.33. The zero-order valence-electron chi connectivity index (χ0n) is 16.7. The fourth-order valence-electron chi connectivity index (χ4n) is 3.42. The molecule has 0 aliphatic rings. The molecular formula is C22H23NO7. The Bertz CT molecular complexity index is 1100. The van der Waals surface area contributed by atoms with Gasteiger partial charge in [0.25, 0.3) is 5.56 Å². The van der Waals surface area contributed by atoms with Crippen LogP contribution in [-0.4, -0.2) is 33.0 Å². The van der Waals surface area contributed by atoms with Gasteiger partial charge in [-0.3, -0.25) is 9.59 Å². The Morgan fingerprint density at radius 3 is 2.53 bits per heavy atom. The summed E-state index contributed by atoms with van der Waals surface area (Å²) < 4.78 is 11.6. The van der Waals surface area contributed by atoms with Crippen molar-refractivity contribution in [1.29, 1.82) is 0 Å². The molecule has 30 heavy (non-hydrogen) atoms. The number of aromatic hydroxyl groups is 3. The molecule has 0 aliphatic heterocycles. The van der Waals surface area contributed by atoms with Gasteiger partial charge in [0.1, 0.15) is 11.5 Å². The maximum Gasteiger partial charge on any atom is 0.306 e. The minimum Gasteiger partial charge on any atom is -0.507 e. The number of esters is 1. The molecule has 0 saturated carbocycles. The lowest BCUT2D eigenvalue weighted by atomic mass is 9.93. The van der Waals surface area contributed by atoms with E-state index in [0.717, 1.165) is 5.56 Å². The number of aromatic nitrogens is 1. The summed E-state index contributed by atoms with van der Waals surface area (Å²) in [7, 11) is 1.25. The number of phenols is 2. The van der Waals surface area contributed by atoms with E-state index >= 15 is 0 Å². The van der Waals surface area contributed by atoms with Gasteiger partial charge in [-0.05, 0) is 49.2 Å². The van der Waals surface area contributed by atoms with Crippen LogP contribution in [0.2, 0.25) is 0 Å². The molecule has 0 fully saturated rings. The number of benzene rings is 1. The summed E-state index contributed by atoms with van der Waals surface area (Å²) in [5.74, 6) is -1.65. The summed E-state index contributed by atoms with van der Waals surface area (Å²) in [6, 6.07) is 9.21. The summed E-state index contributed by atoms with van der Waals surface area (Å²) in [6.07, 6.45) is 1.67. The van der Waals surface area contributed by atoms with Crippen LogP contribution in [0.25, 0.3) is 0 Å². The minimum absolute atomic E-state index is 0.0505. The third kappa shape index (κ3) is 4.32. The second-order valence-electron chi connectivity index (χ2n) is 6.96. The lowest BCUT2D eigenvalue weighted by Crippen LogP contribution is -2.29. The number of carbonyl (C=O) groups excluding carboxylic acids is 1. The number of methoxy groups -OCH3 is 1. The number of carbonyl (C=O) groups is 1. The van der Waals surface area contributed by atoms with Gasteiger partial charge in [0.05, 0.1) is 31.3 Å². The quantitative estimate of drug-likeness (QED) is 0.402. The second-order valence-corrected chi connectivity index (χ2v) is 6.96. The third-order valence-corrected chi connectivity index (χ3v) is 5.02. The maximum absolute atomic E-state index is 13.3. The van der Waals surface area contributed by atoms with Gasteiger partial charge in [-0.25, -0.2) is 0 Å². The Labute approximate surface area is 172 Å². The highest BCUT2D eigenvalue weighted by molar-refractivity contribution is 5.71. The van der Waals surface area contributed by atoms with Crippen molar-refractivity contribution < 1.29 is 29.3 Å². The van der Waals surface area contributed by atoms with Crippen LogP contribution in [0.1, 0.15) is 34.9 Å². The van der Waals surface area contributed by atoms with Gasteiger partial charge in [0.2, 0.25) is 0 Å². The van der Waals surface area contributed by atoms with Gasteiger partial charge >= 0.3 is 5.97 Å². The number of phenolic OH excluding ortho intramolecular Hbond substituents is 2. The van der Waals surface area contributed by atoms with E-state index in [4.69, 9.17) is 9.15 Å². The summed E-state index contributed by atoms with van der Waals surface area (Å²) in [6.45, 7) is 1.96. The number of ether oxygens (including phenoxy) is 1. The Morgan fingerprint density at radius 2 is 1.90 bits per heavy atom. The molecule has 3 N–H and O–H groups in total. The van der Waals surface area contributed by atoms with Crippen LogP contribution in [0.15, 0.2) is 51.9 Å². The summed E-state index contributed by atoms with van der Waals surface area (Å²) in [5.41, 5.74) is 0.874. The lowest BCUT2D eigenvalue weighted by molar-refractivity contribution is -0.140. The smallest absolute Gasteiger partial charge is 0.306 e. The van der Waals surface area contributed by atoms with Crippen molar-refractivity contribution in [2.24, 2.45) is 0 Å². The van der Waals surface area contributed by atoms with Crippen molar-refractivity contribution in [3.63, 3.8) is 0 Å². The average Bonchev–Trinajstić information content (AvgIpc) is 3.23. The number of pyridine rings is 1. The largest absolute Gasteiger partial charge is 0.507 e. The van der Waals surface area contributed by atoms with E-state index in [1.165, 1.54) is 36.1 Å². The van der Waals surface area contributed by atoms with E-state index < -0.39 is 17.4 Å². The molecule has 0 unspecified atom stereocenters. The number of furan rings is 1. The zero-order valence-corrected chi connectivity index (χ0v) is 16.7. The van der Waals surface area contributed by atoms with Crippen LogP contribution in [0.4, 0.5) is 0 Å². The molecule has 8 nitrogen and oxygen atoms in total. The highest BCUT2D eigenvalue weighted by atomic mass is 16.5. The monoisotopic (exact) mass is 413 g/mol. The van der Waals surface area contributed by atoms with Crippen molar-refractivity contribution in [2.75, 3.05) is 7.11 Å². The Morgan fingerprint density at radius 1 is 1.13 bits per heavy atom. The first-order valence-electron chi connectivity index (χ1n) is 9.36. The van der Waals surface area contributed by atoms with E-state index in [9.17, 15) is 24.9 Å². The van der Waals surface area contributed by atoms with E-state index in [0.29, 0.717) is 17.9 Å². The fourth-order valence-corrected chi connectivity index (χ4v) is 3.42. The van der Waals surface area contributed by atoms with Gasteiger partial charge in [-0.15, -0.1) is 0 Å². The molecule has 3 aromatic rings. The molecule has 2 heterocycles. The summed E-state index contributed by atoms with van der Waals surface area (Å²) in [5, 5.41) is 29.7. The van der Waals surface area contributed by atoms with Gasteiger partial charge in [-0.2, -0.15) is 0 Å². The predicted molar refractivity (Wildman–Crippen MR) is 108 cm³/mol. The predicted octanol–water partition coefficient (Wildman–Crippen LogP) is 2.80. The number of hydrogen-bond donors (Lipinski definition) is 3. The van der Waals surface area contributed by atoms with Gasteiger partial charge in [-0.1, -0.05) is 6.07 Å². The van der Waals surface area contributed by atoms with Crippen molar-refractivity contribution in [3.8, 4) is 17.2 Å². The second kappa shape index (κ2) is 8.77. The molecule has 0 bridgehead atoms. The number of hydrogen-bond acceptors (Lipinski definition) is 7. The molecule has 0 amide bonds. The van der Waals surface area contributed by atoms with E-state index in [1.807, 2.05) is 0 Å². The number of rotatable bonds is 7. The third-order valence-electron chi connectivity index (χ3n) is 5.02. The standard InChI is InChI=1S/C22H23NO7/c1-13-10-18(26)21(15(12-20(27)29-2)19-4-3-9-30-19)22(28)23(13)8-7-14-5-6-16(24)17(25)11-14/h3-6,9-11,15,24-26H,7-8,12H2,1-2H3/t15-/m0/s1. The van der Waals surface area contributed by atoms with Crippen molar-refractivity contribution in [1.82, 2.24) is 4.57 Å². The first-order chi connectivity index (χ1) is 14.3. The SMILES string of the molecule is COC(=O)C[C@@H](c1ccco1)c1c(O)cc(C)n(CCc2ccc(O)c(O)c2)c1=O. The van der Waals surface area contributed by atoms with Gasteiger partial charge < -0.3 is 29.0 Å². The molecule has 8 heteroatoms. The summed E-state index contributed by atoms with van der Waals surface area (Å²) >= 11 is 0. The van der Waals surface area contributed by atoms with Crippen LogP contribution < -0.4 is 5.56 Å². The molecule has 1 atom stereocenters. The Kier molecular flexibility index (Phi) is 6.15. The zero-order chi connectivity index (χ0) is 21.8. The lowest BCUT2D eigenvalue weighted by Gasteiger charge is -2.19. The molecule has 1 aromatic carbocycles. The minimum atomic E-state index is -0.801.